The highest BCUT2D eigenvalue weighted by molar-refractivity contribution is 5.80. The minimum Gasteiger partial charge on any atom is -0.381 e. The van der Waals surface area contributed by atoms with Crippen LogP contribution in [0.5, 0.6) is 0 Å². The lowest BCUT2D eigenvalue weighted by Gasteiger charge is -2.25. The van der Waals surface area contributed by atoms with E-state index in [1.165, 1.54) is 0 Å². The van der Waals surface area contributed by atoms with Gasteiger partial charge in [-0.3, -0.25) is 4.99 Å². The average Bonchev–Trinajstić information content (AvgIpc) is 3.04. The summed E-state index contributed by atoms with van der Waals surface area (Å²) in [5, 5.41) is 11.4. The first-order valence-electron chi connectivity index (χ1n) is 10.3. The first kappa shape index (κ1) is 20.1. The molecule has 0 saturated carbocycles. The predicted molar refractivity (Wildman–Crippen MR) is 105 cm³/mol. The van der Waals surface area contributed by atoms with Gasteiger partial charge in [0.25, 0.3) is 0 Å². The lowest BCUT2D eigenvalue weighted by Crippen LogP contribution is -2.47. The number of nitrogens with zero attached hydrogens (tertiary/aromatic N) is 4. The van der Waals surface area contributed by atoms with E-state index in [0.29, 0.717) is 12.0 Å². The fraction of sp³-hybridized carbons (Fsp3) is 0.842. The first-order valence-corrected chi connectivity index (χ1v) is 10.3. The number of ether oxygens (including phenoxy) is 2. The summed E-state index contributed by atoms with van der Waals surface area (Å²) in [4.78, 5) is 9.17. The fourth-order valence-corrected chi connectivity index (χ4v) is 3.59. The minimum atomic E-state index is 0.334. The van der Waals surface area contributed by atoms with Crippen LogP contribution in [0.25, 0.3) is 0 Å². The van der Waals surface area contributed by atoms with Crippen LogP contribution in [0, 0.1) is 12.8 Å². The van der Waals surface area contributed by atoms with Crippen molar-refractivity contribution < 1.29 is 9.47 Å². The standard InChI is InChI=1S/C19H34N6O2/c1-3-20-19(21-9-4-10-27-14-16-7-11-26-12-8-16)23-17-5-6-18-22-15(2)24-25(18)13-17/h16-17H,3-14H2,1-2H3,(H2,20,21,23). The second-order valence-electron chi connectivity index (χ2n) is 7.38. The van der Waals surface area contributed by atoms with Crippen molar-refractivity contribution in [2.75, 3.05) is 39.5 Å². The number of rotatable bonds is 8. The van der Waals surface area contributed by atoms with E-state index in [0.717, 1.165) is 95.8 Å². The predicted octanol–water partition coefficient (Wildman–Crippen LogP) is 1.29. The highest BCUT2D eigenvalue weighted by atomic mass is 16.5. The molecule has 2 N–H and O–H groups in total. The molecular formula is C19H34N6O2. The third-order valence-electron chi connectivity index (χ3n) is 5.06. The summed E-state index contributed by atoms with van der Waals surface area (Å²) >= 11 is 0. The van der Waals surface area contributed by atoms with E-state index in [1.54, 1.807) is 0 Å². The van der Waals surface area contributed by atoms with Crippen LogP contribution >= 0.6 is 0 Å². The maximum Gasteiger partial charge on any atom is 0.191 e. The summed E-state index contributed by atoms with van der Waals surface area (Å²) in [6, 6.07) is 0.334. The van der Waals surface area contributed by atoms with Crippen molar-refractivity contribution in [2.24, 2.45) is 10.9 Å². The second kappa shape index (κ2) is 10.6. The summed E-state index contributed by atoms with van der Waals surface area (Å²) in [6.07, 6.45) is 5.20. The Kier molecular flexibility index (Phi) is 7.89. The van der Waals surface area contributed by atoms with Crippen LogP contribution in [-0.2, 0) is 22.4 Å². The molecule has 1 aromatic rings. The van der Waals surface area contributed by atoms with Gasteiger partial charge >= 0.3 is 0 Å². The van der Waals surface area contributed by atoms with E-state index in [2.05, 4.69) is 27.6 Å². The van der Waals surface area contributed by atoms with Crippen molar-refractivity contribution in [3.63, 3.8) is 0 Å². The number of hydrogen-bond donors (Lipinski definition) is 2. The van der Waals surface area contributed by atoms with Crippen LogP contribution in [0.4, 0.5) is 0 Å². The topological polar surface area (TPSA) is 85.6 Å². The summed E-state index contributed by atoms with van der Waals surface area (Å²) in [7, 11) is 0. The minimum absolute atomic E-state index is 0.334. The quantitative estimate of drug-likeness (QED) is 0.403. The fourth-order valence-electron chi connectivity index (χ4n) is 3.59. The van der Waals surface area contributed by atoms with Crippen molar-refractivity contribution in [3.8, 4) is 0 Å². The van der Waals surface area contributed by atoms with Gasteiger partial charge in [0.2, 0.25) is 0 Å². The average molecular weight is 379 g/mol. The van der Waals surface area contributed by atoms with Gasteiger partial charge in [-0.25, -0.2) is 9.67 Å². The molecule has 27 heavy (non-hydrogen) atoms. The van der Waals surface area contributed by atoms with Crippen LogP contribution in [0.1, 0.15) is 44.3 Å². The molecule has 2 aliphatic heterocycles. The van der Waals surface area contributed by atoms with Gasteiger partial charge in [0.1, 0.15) is 11.6 Å². The maximum absolute atomic E-state index is 5.82. The normalized spacial score (nSPS) is 21.1. The molecule has 0 amide bonds. The molecule has 152 valence electrons. The summed E-state index contributed by atoms with van der Waals surface area (Å²) in [6.45, 7) is 9.89. The van der Waals surface area contributed by atoms with E-state index in [-0.39, 0.29) is 0 Å². The molecule has 1 fully saturated rings. The highest BCUT2D eigenvalue weighted by Crippen LogP contribution is 2.15. The van der Waals surface area contributed by atoms with Gasteiger partial charge in [-0.15, -0.1) is 0 Å². The Balaban J connectivity index is 1.36. The molecule has 0 spiro atoms. The SMILES string of the molecule is CCNC(=NCCCOCC1CCOCC1)NC1CCc2nc(C)nn2C1. The molecule has 8 nitrogen and oxygen atoms in total. The molecule has 2 aliphatic rings. The second-order valence-corrected chi connectivity index (χ2v) is 7.38. The van der Waals surface area contributed by atoms with Crippen molar-refractivity contribution in [3.05, 3.63) is 11.6 Å². The molecule has 0 aliphatic carbocycles. The first-order chi connectivity index (χ1) is 13.2. The van der Waals surface area contributed by atoms with Crippen LogP contribution < -0.4 is 10.6 Å². The Morgan fingerprint density at radius 1 is 1.33 bits per heavy atom. The van der Waals surface area contributed by atoms with Gasteiger partial charge in [0, 0.05) is 52.0 Å². The number of aromatic nitrogens is 3. The molecule has 1 saturated heterocycles. The Labute approximate surface area is 162 Å². The van der Waals surface area contributed by atoms with E-state index in [1.807, 2.05) is 11.6 Å². The zero-order chi connectivity index (χ0) is 18.9. The van der Waals surface area contributed by atoms with E-state index in [4.69, 9.17) is 14.5 Å². The zero-order valence-electron chi connectivity index (χ0n) is 16.7. The smallest absolute Gasteiger partial charge is 0.191 e. The lowest BCUT2D eigenvalue weighted by atomic mass is 10.0. The van der Waals surface area contributed by atoms with Crippen molar-refractivity contribution in [1.82, 2.24) is 25.4 Å². The van der Waals surface area contributed by atoms with Crippen LogP contribution in [-0.4, -0.2) is 66.3 Å². The van der Waals surface area contributed by atoms with Crippen molar-refractivity contribution >= 4 is 5.96 Å². The highest BCUT2D eigenvalue weighted by Gasteiger charge is 2.21. The number of hydrogen-bond acceptors (Lipinski definition) is 5. The molecule has 0 aromatic carbocycles. The zero-order valence-corrected chi connectivity index (χ0v) is 16.7. The van der Waals surface area contributed by atoms with Crippen LogP contribution in [0.2, 0.25) is 0 Å². The van der Waals surface area contributed by atoms with Gasteiger partial charge in [0.05, 0.1) is 6.54 Å². The van der Waals surface area contributed by atoms with E-state index < -0.39 is 0 Å². The molecule has 1 atom stereocenters. The lowest BCUT2D eigenvalue weighted by molar-refractivity contribution is 0.0205. The van der Waals surface area contributed by atoms with Crippen LogP contribution in [0.15, 0.2) is 4.99 Å². The van der Waals surface area contributed by atoms with Crippen LogP contribution in [0.3, 0.4) is 0 Å². The van der Waals surface area contributed by atoms with Gasteiger partial charge < -0.3 is 20.1 Å². The Morgan fingerprint density at radius 2 is 2.19 bits per heavy atom. The Morgan fingerprint density at radius 3 is 3.00 bits per heavy atom. The van der Waals surface area contributed by atoms with Crippen molar-refractivity contribution in [1.29, 1.82) is 0 Å². The number of fused-ring (bicyclic) bond motifs is 1. The molecule has 0 radical (unpaired) electrons. The third kappa shape index (κ3) is 6.46. The molecule has 8 heteroatoms. The van der Waals surface area contributed by atoms with E-state index in [9.17, 15) is 0 Å². The Bertz CT molecular complexity index is 597. The maximum atomic E-state index is 5.82. The number of nitrogens with one attached hydrogen (secondary N) is 2. The van der Waals surface area contributed by atoms with Gasteiger partial charge in [-0.05, 0) is 45.4 Å². The number of aryl methyl sites for hydroxylation is 2. The van der Waals surface area contributed by atoms with Gasteiger partial charge in [0.15, 0.2) is 5.96 Å². The van der Waals surface area contributed by atoms with Gasteiger partial charge in [-0.2, -0.15) is 5.10 Å². The van der Waals surface area contributed by atoms with Crippen molar-refractivity contribution in [2.45, 2.75) is 58.5 Å². The molecule has 3 rings (SSSR count). The summed E-state index contributed by atoms with van der Waals surface area (Å²) < 4.78 is 13.2. The molecule has 1 aromatic heterocycles. The number of guanidine groups is 1. The number of aliphatic imine (C=N–C) groups is 1. The molecular weight excluding hydrogens is 344 g/mol. The largest absolute Gasteiger partial charge is 0.381 e. The molecule has 3 heterocycles. The van der Waals surface area contributed by atoms with Gasteiger partial charge in [-0.1, -0.05) is 0 Å². The summed E-state index contributed by atoms with van der Waals surface area (Å²) in [5.74, 6) is 3.49. The third-order valence-corrected chi connectivity index (χ3v) is 5.06. The van der Waals surface area contributed by atoms with E-state index >= 15 is 0 Å². The monoisotopic (exact) mass is 378 g/mol. The molecule has 0 bridgehead atoms. The molecule has 1 unspecified atom stereocenters. The Hall–Kier alpha value is -1.67. The summed E-state index contributed by atoms with van der Waals surface area (Å²) in [5.41, 5.74) is 0.